The van der Waals surface area contributed by atoms with E-state index in [9.17, 15) is 24.3 Å². The molecule has 0 aliphatic heterocycles. The summed E-state index contributed by atoms with van der Waals surface area (Å²) in [6.45, 7) is 13.2. The van der Waals surface area contributed by atoms with Crippen molar-refractivity contribution in [3.63, 3.8) is 0 Å². The van der Waals surface area contributed by atoms with E-state index in [1.807, 2.05) is 27.7 Å². The average molecular weight is 470 g/mol. The van der Waals surface area contributed by atoms with Gasteiger partial charge in [-0.15, -0.1) is 0 Å². The monoisotopic (exact) mass is 469 g/mol. The van der Waals surface area contributed by atoms with Crippen LogP contribution >= 0.6 is 0 Å². The van der Waals surface area contributed by atoms with Crippen LogP contribution in [0.15, 0.2) is 0 Å². The van der Waals surface area contributed by atoms with Gasteiger partial charge in [0.25, 0.3) is 0 Å². The van der Waals surface area contributed by atoms with Gasteiger partial charge < -0.3 is 25.8 Å². The molecule has 0 saturated heterocycles. The van der Waals surface area contributed by atoms with Gasteiger partial charge in [-0.3, -0.25) is 9.59 Å². The fourth-order valence-corrected chi connectivity index (χ4v) is 3.91. The Kier molecular flexibility index (Phi) is 11.1. The van der Waals surface area contributed by atoms with E-state index in [1.54, 1.807) is 20.8 Å². The first-order valence-electron chi connectivity index (χ1n) is 12.1. The van der Waals surface area contributed by atoms with E-state index in [0.29, 0.717) is 25.8 Å². The molecule has 3 atom stereocenters. The summed E-state index contributed by atoms with van der Waals surface area (Å²) in [6.07, 6.45) is 2.90. The van der Waals surface area contributed by atoms with E-state index in [1.165, 1.54) is 0 Å². The summed E-state index contributed by atoms with van der Waals surface area (Å²) in [5.74, 6) is -1.68. The van der Waals surface area contributed by atoms with Crippen LogP contribution in [0.25, 0.3) is 0 Å². The maximum absolute atomic E-state index is 12.7. The SMILES string of the molecule is CCC(C)[C@H](NC(=O)C1CCC(CNC(=O)[C@@H](NC(=O)OC(C)(C)C)C(C)C)CC1)C(=O)O. The standard InChI is InChI=1S/C24H43N3O6/c1-8-15(4)19(22(30)31)26-20(28)17-11-9-16(10-12-17)13-25-21(29)18(14(2)3)27-23(32)33-24(5,6)7/h14-19H,8-13H2,1-7H3,(H,25,29)(H,26,28)(H,27,32)(H,30,31)/t15?,16?,17?,18-,19-/m0/s1. The zero-order valence-corrected chi connectivity index (χ0v) is 21.2. The molecule has 1 rings (SSSR count). The van der Waals surface area contributed by atoms with E-state index in [-0.39, 0.29) is 35.5 Å². The lowest BCUT2D eigenvalue weighted by Gasteiger charge is -2.30. The number of rotatable bonds is 10. The molecule has 1 fully saturated rings. The van der Waals surface area contributed by atoms with Crippen molar-refractivity contribution in [2.45, 2.75) is 98.3 Å². The summed E-state index contributed by atoms with van der Waals surface area (Å²) >= 11 is 0. The van der Waals surface area contributed by atoms with Crippen LogP contribution in [0.1, 0.15) is 80.6 Å². The third kappa shape index (κ3) is 10.0. The molecule has 0 bridgehead atoms. The minimum absolute atomic E-state index is 0.107. The Labute approximate surface area is 197 Å². The molecule has 9 nitrogen and oxygen atoms in total. The molecule has 9 heteroatoms. The second-order valence-corrected chi connectivity index (χ2v) is 10.5. The van der Waals surface area contributed by atoms with Gasteiger partial charge in [0, 0.05) is 12.5 Å². The van der Waals surface area contributed by atoms with Crippen molar-refractivity contribution in [3.8, 4) is 0 Å². The lowest BCUT2D eigenvalue weighted by atomic mass is 9.81. The van der Waals surface area contributed by atoms with Crippen molar-refractivity contribution in [3.05, 3.63) is 0 Å². The molecule has 1 aliphatic rings. The van der Waals surface area contributed by atoms with E-state index in [2.05, 4.69) is 16.0 Å². The number of nitrogens with one attached hydrogen (secondary N) is 3. The lowest BCUT2D eigenvalue weighted by Crippen LogP contribution is -2.51. The summed E-state index contributed by atoms with van der Waals surface area (Å²) in [4.78, 5) is 48.8. The predicted octanol–water partition coefficient (Wildman–Crippen LogP) is 3.07. The normalized spacial score (nSPS) is 21.5. The molecule has 4 N–H and O–H groups in total. The minimum atomic E-state index is -1.01. The number of hydrogen-bond acceptors (Lipinski definition) is 5. The fourth-order valence-electron chi connectivity index (χ4n) is 3.91. The highest BCUT2D eigenvalue weighted by molar-refractivity contribution is 5.86. The zero-order valence-electron chi connectivity index (χ0n) is 21.2. The molecule has 0 aromatic rings. The van der Waals surface area contributed by atoms with Crippen LogP contribution < -0.4 is 16.0 Å². The third-order valence-corrected chi connectivity index (χ3v) is 6.18. The summed E-state index contributed by atoms with van der Waals surface area (Å²) < 4.78 is 5.26. The average Bonchev–Trinajstić information content (AvgIpc) is 2.72. The van der Waals surface area contributed by atoms with Crippen LogP contribution in [0.3, 0.4) is 0 Å². The van der Waals surface area contributed by atoms with Crippen LogP contribution in [0.2, 0.25) is 0 Å². The highest BCUT2D eigenvalue weighted by atomic mass is 16.6. The Bertz CT molecular complexity index is 680. The smallest absolute Gasteiger partial charge is 0.408 e. The van der Waals surface area contributed by atoms with Gasteiger partial charge in [-0.2, -0.15) is 0 Å². The van der Waals surface area contributed by atoms with Gasteiger partial charge in [0.2, 0.25) is 11.8 Å². The van der Waals surface area contributed by atoms with Gasteiger partial charge in [0.15, 0.2) is 0 Å². The fraction of sp³-hybridized carbons (Fsp3) is 0.833. The van der Waals surface area contributed by atoms with Crippen molar-refractivity contribution in [1.82, 2.24) is 16.0 Å². The summed E-state index contributed by atoms with van der Waals surface area (Å²) in [5, 5.41) is 17.7. The maximum Gasteiger partial charge on any atom is 0.408 e. The Morgan fingerprint density at radius 2 is 1.55 bits per heavy atom. The first-order valence-corrected chi connectivity index (χ1v) is 12.1. The zero-order chi connectivity index (χ0) is 25.3. The predicted molar refractivity (Wildman–Crippen MR) is 125 cm³/mol. The number of carboxylic acids is 1. The highest BCUT2D eigenvalue weighted by Gasteiger charge is 2.32. The number of hydrogen-bond donors (Lipinski definition) is 4. The molecule has 1 unspecified atom stereocenters. The number of carboxylic acid groups (broad SMARTS) is 1. The highest BCUT2D eigenvalue weighted by Crippen LogP contribution is 2.29. The first-order chi connectivity index (χ1) is 15.2. The molecule has 0 heterocycles. The van der Waals surface area contributed by atoms with Crippen molar-refractivity contribution < 1.29 is 29.0 Å². The number of alkyl carbamates (subject to hydrolysis) is 1. The Morgan fingerprint density at radius 1 is 0.970 bits per heavy atom. The molecule has 33 heavy (non-hydrogen) atoms. The molecule has 0 aromatic carbocycles. The number of amides is 3. The van der Waals surface area contributed by atoms with Gasteiger partial charge in [-0.05, 0) is 64.2 Å². The minimum Gasteiger partial charge on any atom is -0.480 e. The van der Waals surface area contributed by atoms with Gasteiger partial charge in [0.1, 0.15) is 17.7 Å². The van der Waals surface area contributed by atoms with Crippen molar-refractivity contribution in [1.29, 1.82) is 0 Å². The van der Waals surface area contributed by atoms with E-state index < -0.39 is 29.7 Å². The van der Waals surface area contributed by atoms with Gasteiger partial charge in [-0.25, -0.2) is 9.59 Å². The first kappa shape index (κ1) is 28.7. The lowest BCUT2D eigenvalue weighted by molar-refractivity contribution is -0.144. The Balaban J connectivity index is 2.51. The molecule has 190 valence electrons. The number of carbonyl (C=O) groups excluding carboxylic acids is 3. The molecule has 0 aromatic heterocycles. The van der Waals surface area contributed by atoms with Crippen LogP contribution in [-0.2, 0) is 19.1 Å². The second-order valence-electron chi connectivity index (χ2n) is 10.5. The van der Waals surface area contributed by atoms with Crippen LogP contribution in [0, 0.1) is 23.7 Å². The molecule has 1 aliphatic carbocycles. The van der Waals surface area contributed by atoms with E-state index in [4.69, 9.17) is 4.74 Å². The number of ether oxygens (including phenoxy) is 1. The van der Waals surface area contributed by atoms with E-state index in [0.717, 1.165) is 12.8 Å². The molecular weight excluding hydrogens is 426 g/mol. The third-order valence-electron chi connectivity index (χ3n) is 6.18. The van der Waals surface area contributed by atoms with Crippen LogP contribution in [0.4, 0.5) is 4.79 Å². The quantitative estimate of drug-likeness (QED) is 0.388. The number of aliphatic carboxylic acids is 1. The van der Waals surface area contributed by atoms with Crippen LogP contribution in [-0.4, -0.2) is 53.2 Å². The molecule has 0 spiro atoms. The van der Waals surface area contributed by atoms with Gasteiger partial charge in [0.05, 0.1) is 0 Å². The topological polar surface area (TPSA) is 134 Å². The Morgan fingerprint density at radius 3 is 2.00 bits per heavy atom. The van der Waals surface area contributed by atoms with Gasteiger partial charge in [-0.1, -0.05) is 34.1 Å². The largest absolute Gasteiger partial charge is 0.480 e. The summed E-state index contributed by atoms with van der Waals surface area (Å²) in [6, 6.07) is -1.57. The second kappa shape index (κ2) is 12.8. The molecule has 3 amide bonds. The summed E-state index contributed by atoms with van der Waals surface area (Å²) in [7, 11) is 0. The summed E-state index contributed by atoms with van der Waals surface area (Å²) in [5.41, 5.74) is -0.647. The van der Waals surface area contributed by atoms with Crippen molar-refractivity contribution >= 4 is 23.9 Å². The molecular formula is C24H43N3O6. The van der Waals surface area contributed by atoms with Crippen molar-refractivity contribution in [2.75, 3.05) is 6.54 Å². The Hall–Kier alpha value is -2.32. The van der Waals surface area contributed by atoms with E-state index >= 15 is 0 Å². The maximum atomic E-state index is 12.7. The van der Waals surface area contributed by atoms with Gasteiger partial charge >= 0.3 is 12.1 Å². The van der Waals surface area contributed by atoms with Crippen LogP contribution in [0.5, 0.6) is 0 Å². The molecule has 1 saturated carbocycles. The molecule has 0 radical (unpaired) electrons. The van der Waals surface area contributed by atoms with Crippen molar-refractivity contribution in [2.24, 2.45) is 23.7 Å². The number of carbonyl (C=O) groups is 4.